The van der Waals surface area contributed by atoms with Crippen LogP contribution in [0.2, 0.25) is 0 Å². The van der Waals surface area contributed by atoms with Crippen LogP contribution in [0.3, 0.4) is 0 Å². The number of aliphatic hydroxyl groups excluding tert-OH is 1. The van der Waals surface area contributed by atoms with E-state index in [9.17, 15) is 14.0 Å². The number of halogens is 1. The van der Waals surface area contributed by atoms with Gasteiger partial charge in [0.15, 0.2) is 0 Å². The summed E-state index contributed by atoms with van der Waals surface area (Å²) < 4.78 is 13.0. The average Bonchev–Trinajstić information content (AvgIpc) is 2.63. The zero-order valence-corrected chi connectivity index (χ0v) is 14.4. The van der Waals surface area contributed by atoms with Crippen molar-refractivity contribution in [3.8, 4) is 0 Å². The van der Waals surface area contributed by atoms with Crippen molar-refractivity contribution in [3.05, 3.63) is 35.6 Å². The molecule has 2 atom stereocenters. The van der Waals surface area contributed by atoms with Crippen molar-refractivity contribution in [1.82, 2.24) is 9.80 Å². The molecule has 5 nitrogen and oxygen atoms in total. The number of nitrogens with zero attached hydrogens (tertiary/aromatic N) is 2. The molecule has 2 fully saturated rings. The lowest BCUT2D eigenvalue weighted by Crippen LogP contribution is -2.57. The van der Waals surface area contributed by atoms with Crippen LogP contribution in [0.5, 0.6) is 0 Å². The first-order chi connectivity index (χ1) is 12.1. The molecule has 1 aromatic rings. The van der Waals surface area contributed by atoms with E-state index >= 15 is 0 Å². The highest BCUT2D eigenvalue weighted by Crippen LogP contribution is 2.32. The van der Waals surface area contributed by atoms with E-state index in [0.717, 1.165) is 19.3 Å². The molecule has 0 aliphatic carbocycles. The maximum absolute atomic E-state index is 13.0. The number of carbonyl (C=O) groups is 2. The lowest BCUT2D eigenvalue weighted by molar-refractivity contribution is -0.140. The Bertz CT molecular complexity index is 620. The minimum atomic E-state index is -0.348. The van der Waals surface area contributed by atoms with Crippen LogP contribution in [0.1, 0.15) is 42.5 Å². The highest BCUT2D eigenvalue weighted by atomic mass is 19.1. The van der Waals surface area contributed by atoms with Gasteiger partial charge in [0.05, 0.1) is 0 Å². The van der Waals surface area contributed by atoms with Crippen LogP contribution in [0, 0.1) is 11.7 Å². The smallest absolute Gasteiger partial charge is 0.253 e. The van der Waals surface area contributed by atoms with E-state index in [2.05, 4.69) is 0 Å². The molecule has 2 aliphatic heterocycles. The standard InChI is InChI=1S/C19H25FN2O3/c20-16-6-3-14(4-7-16)19(25)21-11-9-17-15(13-21)5-8-18(24)22(17)10-1-2-12-23/h3-4,6-7,15,17,23H,1-2,5,8-13H2/t15-,17+/m0/s1. The summed E-state index contributed by atoms with van der Waals surface area (Å²) in [5.74, 6) is 0.0734. The lowest BCUT2D eigenvalue weighted by atomic mass is 9.83. The Morgan fingerprint density at radius 3 is 2.68 bits per heavy atom. The Labute approximate surface area is 147 Å². The second-order valence-electron chi connectivity index (χ2n) is 6.93. The Morgan fingerprint density at radius 1 is 1.20 bits per heavy atom. The number of piperidine rings is 2. The Kier molecular flexibility index (Phi) is 5.68. The minimum Gasteiger partial charge on any atom is -0.396 e. The molecule has 0 bridgehead atoms. The van der Waals surface area contributed by atoms with Gasteiger partial charge in [-0.1, -0.05) is 0 Å². The van der Waals surface area contributed by atoms with Crippen LogP contribution in [0.25, 0.3) is 0 Å². The summed E-state index contributed by atoms with van der Waals surface area (Å²) >= 11 is 0. The van der Waals surface area contributed by atoms with Gasteiger partial charge in [-0.15, -0.1) is 0 Å². The first-order valence-corrected chi connectivity index (χ1v) is 9.05. The Hall–Kier alpha value is -1.95. The number of hydrogen-bond acceptors (Lipinski definition) is 3. The lowest BCUT2D eigenvalue weighted by Gasteiger charge is -2.47. The van der Waals surface area contributed by atoms with Gasteiger partial charge in [-0.3, -0.25) is 9.59 Å². The first kappa shape index (κ1) is 17.9. The average molecular weight is 348 g/mol. The summed E-state index contributed by atoms with van der Waals surface area (Å²) in [6, 6.07) is 5.85. The second kappa shape index (κ2) is 7.95. The molecule has 0 saturated carbocycles. The fraction of sp³-hybridized carbons (Fsp3) is 0.579. The number of fused-ring (bicyclic) bond motifs is 1. The van der Waals surface area contributed by atoms with Crippen molar-refractivity contribution in [1.29, 1.82) is 0 Å². The normalized spacial score (nSPS) is 23.5. The van der Waals surface area contributed by atoms with Crippen LogP contribution in [-0.2, 0) is 4.79 Å². The fourth-order valence-electron chi connectivity index (χ4n) is 4.00. The third kappa shape index (κ3) is 4.00. The monoisotopic (exact) mass is 348 g/mol. The minimum absolute atomic E-state index is 0.0674. The summed E-state index contributed by atoms with van der Waals surface area (Å²) in [7, 11) is 0. The molecule has 1 aromatic carbocycles. The maximum Gasteiger partial charge on any atom is 0.253 e. The zero-order valence-electron chi connectivity index (χ0n) is 14.4. The van der Waals surface area contributed by atoms with E-state index in [1.54, 1.807) is 0 Å². The summed E-state index contributed by atoms with van der Waals surface area (Å²) in [6.07, 6.45) is 3.63. The second-order valence-corrected chi connectivity index (χ2v) is 6.93. The molecule has 0 unspecified atom stereocenters. The van der Waals surface area contributed by atoms with E-state index in [1.165, 1.54) is 24.3 Å². The molecule has 2 aliphatic rings. The number of benzene rings is 1. The Morgan fingerprint density at radius 2 is 1.96 bits per heavy atom. The predicted octanol–water partition coefficient (Wildman–Crippen LogP) is 2.05. The van der Waals surface area contributed by atoms with Gasteiger partial charge in [0.1, 0.15) is 5.82 Å². The van der Waals surface area contributed by atoms with Crippen LogP contribution in [-0.4, -0.2) is 59.0 Å². The molecule has 25 heavy (non-hydrogen) atoms. The van der Waals surface area contributed by atoms with Crippen LogP contribution < -0.4 is 0 Å². The topological polar surface area (TPSA) is 60.9 Å². The quantitative estimate of drug-likeness (QED) is 0.829. The summed E-state index contributed by atoms with van der Waals surface area (Å²) in [4.78, 5) is 28.7. The molecule has 0 aromatic heterocycles. The third-order valence-electron chi connectivity index (χ3n) is 5.33. The summed E-state index contributed by atoms with van der Waals surface area (Å²) in [6.45, 7) is 2.09. The number of aliphatic hydroxyl groups is 1. The van der Waals surface area contributed by atoms with Crippen LogP contribution in [0.15, 0.2) is 24.3 Å². The van der Waals surface area contributed by atoms with Crippen molar-refractivity contribution in [2.24, 2.45) is 5.92 Å². The predicted molar refractivity (Wildman–Crippen MR) is 91.5 cm³/mol. The SMILES string of the molecule is O=C(c1ccc(F)cc1)N1CC[C@@H]2[C@@H](CCC(=O)N2CCCCO)C1. The highest BCUT2D eigenvalue weighted by molar-refractivity contribution is 5.94. The van der Waals surface area contributed by atoms with E-state index in [0.29, 0.717) is 44.0 Å². The molecular weight excluding hydrogens is 323 g/mol. The number of carbonyl (C=O) groups excluding carboxylic acids is 2. The van der Waals surface area contributed by atoms with Crippen LogP contribution in [0.4, 0.5) is 4.39 Å². The highest BCUT2D eigenvalue weighted by Gasteiger charge is 2.40. The van der Waals surface area contributed by atoms with Crippen molar-refractivity contribution in [3.63, 3.8) is 0 Å². The van der Waals surface area contributed by atoms with E-state index in [4.69, 9.17) is 5.11 Å². The molecule has 1 N–H and O–H groups in total. The van der Waals surface area contributed by atoms with Crippen molar-refractivity contribution < 1.29 is 19.1 Å². The maximum atomic E-state index is 13.0. The molecule has 136 valence electrons. The molecule has 0 radical (unpaired) electrons. The summed E-state index contributed by atoms with van der Waals surface area (Å²) in [5.41, 5.74) is 0.506. The number of likely N-dealkylation sites (tertiary alicyclic amines) is 2. The summed E-state index contributed by atoms with van der Waals surface area (Å²) in [5, 5.41) is 8.94. The van der Waals surface area contributed by atoms with Crippen molar-refractivity contribution in [2.45, 2.75) is 38.1 Å². The van der Waals surface area contributed by atoms with Gasteiger partial charge in [-0.25, -0.2) is 4.39 Å². The van der Waals surface area contributed by atoms with Gasteiger partial charge in [0.25, 0.3) is 5.91 Å². The van der Waals surface area contributed by atoms with Gasteiger partial charge in [0, 0.05) is 44.3 Å². The van der Waals surface area contributed by atoms with Gasteiger partial charge >= 0.3 is 0 Å². The third-order valence-corrected chi connectivity index (χ3v) is 5.33. The van der Waals surface area contributed by atoms with E-state index < -0.39 is 0 Å². The number of unbranched alkanes of at least 4 members (excludes halogenated alkanes) is 1. The molecule has 0 spiro atoms. The van der Waals surface area contributed by atoms with E-state index in [-0.39, 0.29) is 30.3 Å². The van der Waals surface area contributed by atoms with Crippen molar-refractivity contribution in [2.75, 3.05) is 26.2 Å². The first-order valence-electron chi connectivity index (χ1n) is 9.05. The van der Waals surface area contributed by atoms with E-state index in [1.807, 2.05) is 9.80 Å². The molecular formula is C19H25FN2O3. The Balaban J connectivity index is 1.64. The number of amides is 2. The molecule has 6 heteroatoms. The van der Waals surface area contributed by atoms with Crippen molar-refractivity contribution >= 4 is 11.8 Å². The van der Waals surface area contributed by atoms with Gasteiger partial charge < -0.3 is 14.9 Å². The molecule has 3 rings (SSSR count). The largest absolute Gasteiger partial charge is 0.396 e. The molecule has 2 saturated heterocycles. The zero-order chi connectivity index (χ0) is 17.8. The molecule has 2 amide bonds. The molecule has 2 heterocycles. The van der Waals surface area contributed by atoms with Gasteiger partial charge in [-0.2, -0.15) is 0 Å². The number of rotatable bonds is 5. The number of hydrogen-bond donors (Lipinski definition) is 1. The fourth-order valence-corrected chi connectivity index (χ4v) is 4.00. The van der Waals surface area contributed by atoms with Gasteiger partial charge in [0.2, 0.25) is 5.91 Å². The van der Waals surface area contributed by atoms with Crippen LogP contribution >= 0.6 is 0 Å². The van der Waals surface area contributed by atoms with Gasteiger partial charge in [-0.05, 0) is 55.9 Å².